The van der Waals surface area contributed by atoms with Gasteiger partial charge in [0.05, 0.1) is 0 Å². The van der Waals surface area contributed by atoms with Gasteiger partial charge in [0.1, 0.15) is 0 Å². The lowest BCUT2D eigenvalue weighted by Crippen LogP contribution is -2.39. The Bertz CT molecular complexity index is 453. The fourth-order valence-corrected chi connectivity index (χ4v) is 3.53. The van der Waals surface area contributed by atoms with E-state index in [1.807, 2.05) is 43.0 Å². The minimum absolute atomic E-state index is 0.0113. The summed E-state index contributed by atoms with van der Waals surface area (Å²) in [4.78, 5) is 11.9. The topological polar surface area (TPSA) is 67.1 Å². The van der Waals surface area contributed by atoms with Gasteiger partial charge in [0.25, 0.3) is 0 Å². The Labute approximate surface area is 124 Å². The first-order valence-electron chi connectivity index (χ1n) is 7.03. The van der Waals surface area contributed by atoms with Crippen LogP contribution in [0.1, 0.15) is 38.3 Å². The maximum absolute atomic E-state index is 11.9. The van der Waals surface area contributed by atoms with E-state index >= 15 is 0 Å². The second-order valence-electron chi connectivity index (χ2n) is 5.62. The lowest BCUT2D eigenvalue weighted by Gasteiger charge is -2.22. The molecule has 1 saturated heterocycles. The number of nitrogens with one attached hydrogen (secondary N) is 2. The third-order valence-corrected chi connectivity index (χ3v) is 5.16. The first-order valence-corrected chi connectivity index (χ1v) is 8.01. The van der Waals surface area contributed by atoms with Gasteiger partial charge in [-0.25, -0.2) is 4.79 Å². The van der Waals surface area contributed by atoms with Crippen LogP contribution in [-0.2, 0) is 0 Å². The average molecular weight is 293 g/mol. The van der Waals surface area contributed by atoms with Crippen LogP contribution in [0.3, 0.4) is 0 Å². The highest BCUT2D eigenvalue weighted by Gasteiger charge is 2.29. The fraction of sp³-hybridized carbons (Fsp3) is 0.533. The van der Waals surface area contributed by atoms with E-state index in [-0.39, 0.29) is 16.8 Å². The summed E-state index contributed by atoms with van der Waals surface area (Å²) in [6, 6.07) is 7.50. The number of benzene rings is 1. The molecule has 0 radical (unpaired) electrons. The number of amides is 2. The van der Waals surface area contributed by atoms with E-state index in [1.54, 1.807) is 0 Å². The molecule has 20 heavy (non-hydrogen) atoms. The van der Waals surface area contributed by atoms with Crippen molar-refractivity contribution in [3.63, 3.8) is 0 Å². The quantitative estimate of drug-likeness (QED) is 0.799. The molecule has 1 aliphatic rings. The molecule has 1 heterocycles. The molecule has 1 aliphatic heterocycles. The van der Waals surface area contributed by atoms with Crippen LogP contribution in [0, 0.1) is 0 Å². The van der Waals surface area contributed by atoms with Crippen LogP contribution in [0.25, 0.3) is 0 Å². The largest absolute Gasteiger partial charge is 0.336 e. The minimum Gasteiger partial charge on any atom is -0.336 e. The minimum atomic E-state index is -0.146. The molecule has 0 bridgehead atoms. The summed E-state index contributed by atoms with van der Waals surface area (Å²) in [5, 5.41) is 5.80. The summed E-state index contributed by atoms with van der Waals surface area (Å²) in [5.41, 5.74) is 7.64. The van der Waals surface area contributed by atoms with Crippen LogP contribution in [0.4, 0.5) is 10.5 Å². The van der Waals surface area contributed by atoms with Crippen molar-refractivity contribution >= 4 is 23.5 Å². The third-order valence-electron chi connectivity index (χ3n) is 3.62. The Hall–Kier alpha value is -1.20. The smallest absolute Gasteiger partial charge is 0.319 e. The van der Waals surface area contributed by atoms with E-state index in [2.05, 4.69) is 17.6 Å². The highest BCUT2D eigenvalue weighted by Crippen LogP contribution is 2.36. The number of rotatable bonds is 4. The van der Waals surface area contributed by atoms with E-state index in [0.717, 1.165) is 11.3 Å². The number of carbonyl (C=O) groups excluding carboxylic acids is 1. The normalized spacial score (nSPS) is 23.4. The molecule has 2 amide bonds. The van der Waals surface area contributed by atoms with Crippen molar-refractivity contribution in [2.45, 2.75) is 37.5 Å². The van der Waals surface area contributed by atoms with E-state index in [0.29, 0.717) is 6.54 Å². The average Bonchev–Trinajstić information content (AvgIpc) is 2.85. The van der Waals surface area contributed by atoms with Crippen molar-refractivity contribution < 1.29 is 4.79 Å². The number of nitrogens with two attached hydrogens (primary N) is 1. The van der Waals surface area contributed by atoms with Gasteiger partial charge in [-0.1, -0.05) is 12.1 Å². The van der Waals surface area contributed by atoms with Crippen LogP contribution >= 0.6 is 11.8 Å². The molecule has 4 N–H and O–H groups in total. The maximum atomic E-state index is 11.9. The number of urea groups is 1. The Morgan fingerprint density at radius 1 is 1.45 bits per heavy atom. The molecule has 1 aromatic carbocycles. The number of hydrogen-bond donors (Lipinski definition) is 3. The van der Waals surface area contributed by atoms with Gasteiger partial charge in [0, 0.05) is 23.0 Å². The second-order valence-corrected chi connectivity index (χ2v) is 7.30. The van der Waals surface area contributed by atoms with Crippen LogP contribution in [0.2, 0.25) is 0 Å². The van der Waals surface area contributed by atoms with E-state index in [9.17, 15) is 4.79 Å². The Balaban J connectivity index is 1.82. The zero-order valence-electron chi connectivity index (χ0n) is 12.1. The van der Waals surface area contributed by atoms with Crippen LogP contribution < -0.4 is 16.4 Å². The summed E-state index contributed by atoms with van der Waals surface area (Å²) in [5.74, 6) is 1.19. The van der Waals surface area contributed by atoms with Gasteiger partial charge in [-0.15, -0.1) is 0 Å². The van der Waals surface area contributed by atoms with Crippen molar-refractivity contribution in [1.29, 1.82) is 0 Å². The lowest BCUT2D eigenvalue weighted by molar-refractivity contribution is 0.251. The number of carbonyl (C=O) groups is 1. The molecule has 110 valence electrons. The molecule has 0 aliphatic carbocycles. The molecule has 0 aromatic heterocycles. The molecular weight excluding hydrogens is 270 g/mol. The van der Waals surface area contributed by atoms with Gasteiger partial charge in [-0.05, 0) is 50.1 Å². The molecule has 4 nitrogen and oxygen atoms in total. The first-order chi connectivity index (χ1) is 9.48. The Morgan fingerprint density at radius 2 is 2.15 bits per heavy atom. The predicted octanol–water partition coefficient (Wildman–Crippen LogP) is 3.11. The van der Waals surface area contributed by atoms with Crippen molar-refractivity contribution in [1.82, 2.24) is 5.32 Å². The van der Waals surface area contributed by atoms with Gasteiger partial charge in [0.15, 0.2) is 0 Å². The fourth-order valence-electron chi connectivity index (χ4n) is 2.29. The van der Waals surface area contributed by atoms with E-state index < -0.39 is 0 Å². The molecule has 1 aromatic rings. The zero-order valence-corrected chi connectivity index (χ0v) is 12.9. The molecule has 2 rings (SSSR count). The Kier molecular flexibility index (Phi) is 4.94. The lowest BCUT2D eigenvalue weighted by atomic mass is 10.1. The van der Waals surface area contributed by atoms with Crippen LogP contribution in [0.15, 0.2) is 24.3 Å². The van der Waals surface area contributed by atoms with Gasteiger partial charge >= 0.3 is 6.03 Å². The van der Waals surface area contributed by atoms with E-state index in [1.165, 1.54) is 18.6 Å². The summed E-state index contributed by atoms with van der Waals surface area (Å²) < 4.78 is 0.191. The van der Waals surface area contributed by atoms with Crippen molar-refractivity contribution in [2.75, 3.05) is 17.6 Å². The monoisotopic (exact) mass is 293 g/mol. The first kappa shape index (κ1) is 15.2. The number of hydrogen-bond acceptors (Lipinski definition) is 3. The second kappa shape index (κ2) is 6.50. The van der Waals surface area contributed by atoms with Gasteiger partial charge < -0.3 is 16.4 Å². The molecule has 5 heteroatoms. The van der Waals surface area contributed by atoms with Crippen LogP contribution in [0.5, 0.6) is 0 Å². The summed E-state index contributed by atoms with van der Waals surface area (Å²) >= 11 is 1.94. The van der Waals surface area contributed by atoms with Gasteiger partial charge in [-0.2, -0.15) is 11.8 Å². The zero-order chi connectivity index (χ0) is 14.6. The molecule has 2 unspecified atom stereocenters. The van der Waals surface area contributed by atoms with Crippen molar-refractivity contribution in [3.8, 4) is 0 Å². The standard InChI is InChI=1S/C15H23N3OS/c1-11(16)12-4-6-13(7-5-12)18-14(19)17-10-15(2)8-3-9-20-15/h4-7,11H,3,8-10,16H2,1-2H3,(H2,17,18,19). The summed E-state index contributed by atoms with van der Waals surface area (Å²) in [6.07, 6.45) is 2.41. The van der Waals surface area contributed by atoms with E-state index in [4.69, 9.17) is 5.73 Å². The molecule has 2 atom stereocenters. The predicted molar refractivity (Wildman–Crippen MR) is 86.2 cm³/mol. The SMILES string of the molecule is CC(N)c1ccc(NC(=O)NCC2(C)CCCS2)cc1. The molecular formula is C15H23N3OS. The van der Waals surface area contributed by atoms with Crippen LogP contribution in [-0.4, -0.2) is 23.1 Å². The highest BCUT2D eigenvalue weighted by atomic mass is 32.2. The molecule has 1 fully saturated rings. The third kappa shape index (κ3) is 4.15. The molecule has 0 spiro atoms. The summed E-state index contributed by atoms with van der Waals surface area (Å²) in [7, 11) is 0. The van der Waals surface area contributed by atoms with Gasteiger partial charge in [-0.3, -0.25) is 0 Å². The molecule has 0 saturated carbocycles. The number of anilines is 1. The highest BCUT2D eigenvalue weighted by molar-refractivity contribution is 8.00. The van der Waals surface area contributed by atoms with Crippen molar-refractivity contribution in [3.05, 3.63) is 29.8 Å². The van der Waals surface area contributed by atoms with Gasteiger partial charge in [0.2, 0.25) is 0 Å². The number of thioether (sulfide) groups is 1. The van der Waals surface area contributed by atoms with Crippen molar-refractivity contribution in [2.24, 2.45) is 5.73 Å². The Morgan fingerprint density at radius 3 is 2.70 bits per heavy atom. The maximum Gasteiger partial charge on any atom is 0.319 e. The summed E-state index contributed by atoms with van der Waals surface area (Å²) in [6.45, 7) is 4.86.